The Morgan fingerprint density at radius 2 is 1.77 bits per heavy atom. The number of ketones is 1. The van der Waals surface area contributed by atoms with Crippen LogP contribution < -0.4 is 10.5 Å². The van der Waals surface area contributed by atoms with E-state index < -0.39 is 5.56 Å². The van der Waals surface area contributed by atoms with Crippen LogP contribution in [0, 0.1) is 0 Å². The molecule has 0 spiro atoms. The quantitative estimate of drug-likeness (QED) is 0.668. The van der Waals surface area contributed by atoms with E-state index in [9.17, 15) is 14.4 Å². The Labute approximate surface area is 177 Å². The highest BCUT2D eigenvalue weighted by Crippen LogP contribution is 2.21. The zero-order valence-electron chi connectivity index (χ0n) is 16.8. The van der Waals surface area contributed by atoms with Crippen molar-refractivity contribution in [3.05, 3.63) is 63.6 Å². The lowest BCUT2D eigenvalue weighted by molar-refractivity contribution is 0.0744. The van der Waals surface area contributed by atoms with Crippen LogP contribution >= 0.6 is 0 Å². The predicted octanol–water partition coefficient (Wildman–Crippen LogP) is 0.832. The summed E-state index contributed by atoms with van der Waals surface area (Å²) in [4.78, 5) is 44.1. The molecule has 31 heavy (non-hydrogen) atoms. The topological polar surface area (TPSA) is 117 Å². The van der Waals surface area contributed by atoms with Gasteiger partial charge in [-0.1, -0.05) is 23.3 Å². The molecule has 0 unspecified atom stereocenters. The third kappa shape index (κ3) is 3.49. The van der Waals surface area contributed by atoms with Crippen molar-refractivity contribution in [2.45, 2.75) is 19.3 Å². The minimum absolute atomic E-state index is 0.0240. The van der Waals surface area contributed by atoms with E-state index in [1.54, 1.807) is 9.58 Å². The highest BCUT2D eigenvalue weighted by Gasteiger charge is 2.28. The van der Waals surface area contributed by atoms with Crippen LogP contribution in [0.2, 0.25) is 0 Å². The van der Waals surface area contributed by atoms with Gasteiger partial charge in [0.25, 0.3) is 11.5 Å². The normalized spacial score (nSPS) is 16.3. The Hall–Kier alpha value is -3.82. The number of carbonyl (C=O) groups excluding carboxylic acids is 2. The van der Waals surface area contributed by atoms with Gasteiger partial charge in [0.05, 0.1) is 5.69 Å². The smallest absolute Gasteiger partial charge is 0.261 e. The molecule has 0 atom stereocenters. The van der Waals surface area contributed by atoms with Gasteiger partial charge in [-0.2, -0.15) is 4.68 Å². The first-order valence-corrected chi connectivity index (χ1v) is 10.3. The van der Waals surface area contributed by atoms with Crippen molar-refractivity contribution in [2.75, 3.05) is 31.1 Å². The number of H-pyrrole nitrogens is 1. The zero-order valence-corrected chi connectivity index (χ0v) is 16.8. The monoisotopic (exact) mass is 419 g/mol. The molecule has 10 heteroatoms. The van der Waals surface area contributed by atoms with Crippen molar-refractivity contribution < 1.29 is 9.59 Å². The first kappa shape index (κ1) is 19.2. The van der Waals surface area contributed by atoms with Gasteiger partial charge in [0.15, 0.2) is 5.78 Å². The predicted molar refractivity (Wildman–Crippen MR) is 112 cm³/mol. The van der Waals surface area contributed by atoms with E-state index in [4.69, 9.17) is 0 Å². The van der Waals surface area contributed by atoms with Crippen molar-refractivity contribution in [3.63, 3.8) is 0 Å². The standard InChI is InChI=1S/C21H21N7O3/c29-18-8-4-7-17-15(18)13-16(19(30)22-17)20(31)26-9-11-27(12-10-26)21-23-24-25-28(21)14-5-2-1-3-6-14/h1-3,5-6,13H,4,7-12H2,(H,22,30). The maximum atomic E-state index is 13.0. The van der Waals surface area contributed by atoms with Crippen molar-refractivity contribution in [2.24, 2.45) is 0 Å². The van der Waals surface area contributed by atoms with Crippen molar-refractivity contribution in [3.8, 4) is 5.69 Å². The van der Waals surface area contributed by atoms with Gasteiger partial charge < -0.3 is 14.8 Å². The number of hydrogen-bond acceptors (Lipinski definition) is 7. The molecule has 5 rings (SSSR count). The SMILES string of the molecule is O=C1CCCc2[nH]c(=O)c(C(=O)N3CCN(c4nnnn4-c4ccccc4)CC3)cc21. The minimum atomic E-state index is -0.436. The maximum absolute atomic E-state index is 13.0. The molecular formula is C21H21N7O3. The molecule has 0 saturated carbocycles. The zero-order chi connectivity index (χ0) is 21.4. The average Bonchev–Trinajstić information content (AvgIpc) is 3.29. The molecule has 2 aliphatic rings. The molecule has 1 amide bonds. The maximum Gasteiger partial charge on any atom is 0.261 e. The second-order valence-electron chi connectivity index (χ2n) is 7.69. The number of aromatic amines is 1. The number of piperazine rings is 1. The Bertz CT molecular complexity index is 1190. The average molecular weight is 419 g/mol. The second-order valence-corrected chi connectivity index (χ2v) is 7.69. The molecule has 158 valence electrons. The summed E-state index contributed by atoms with van der Waals surface area (Å²) in [7, 11) is 0. The number of tetrazole rings is 1. The van der Waals surface area contributed by atoms with Crippen LogP contribution in [0.5, 0.6) is 0 Å². The molecule has 2 aromatic heterocycles. The summed E-state index contributed by atoms with van der Waals surface area (Å²) in [6, 6.07) is 11.1. The highest BCUT2D eigenvalue weighted by atomic mass is 16.2. The molecule has 1 aliphatic carbocycles. The van der Waals surface area contributed by atoms with Gasteiger partial charge in [-0.15, -0.1) is 0 Å². The third-order valence-electron chi connectivity index (χ3n) is 5.79. The number of nitrogens with zero attached hydrogens (tertiary/aromatic N) is 6. The van der Waals surface area contributed by atoms with Crippen LogP contribution in [-0.4, -0.2) is 68.0 Å². The van der Waals surface area contributed by atoms with Crippen molar-refractivity contribution in [1.29, 1.82) is 0 Å². The van der Waals surface area contributed by atoms with E-state index in [0.717, 1.165) is 12.1 Å². The van der Waals surface area contributed by atoms with Gasteiger partial charge >= 0.3 is 0 Å². The van der Waals surface area contributed by atoms with E-state index in [2.05, 4.69) is 20.5 Å². The summed E-state index contributed by atoms with van der Waals surface area (Å²) in [5.41, 5.74) is 1.54. The number of nitrogens with one attached hydrogen (secondary N) is 1. The molecule has 1 aromatic carbocycles. The summed E-state index contributed by atoms with van der Waals surface area (Å²) in [5.74, 6) is 0.226. The lowest BCUT2D eigenvalue weighted by Crippen LogP contribution is -2.50. The van der Waals surface area contributed by atoms with Gasteiger partial charge in [-0.05, 0) is 41.5 Å². The van der Waals surface area contributed by atoms with Crippen LogP contribution in [0.3, 0.4) is 0 Å². The Morgan fingerprint density at radius 1 is 1.00 bits per heavy atom. The van der Waals surface area contributed by atoms with E-state index in [1.165, 1.54) is 6.07 Å². The summed E-state index contributed by atoms with van der Waals surface area (Å²) in [6.07, 6.45) is 1.82. The highest BCUT2D eigenvalue weighted by molar-refractivity contribution is 6.01. The minimum Gasteiger partial charge on any atom is -0.336 e. The van der Waals surface area contributed by atoms with Gasteiger partial charge in [-0.25, -0.2) is 0 Å². The molecule has 0 radical (unpaired) electrons. The third-order valence-corrected chi connectivity index (χ3v) is 5.79. The summed E-state index contributed by atoms with van der Waals surface area (Å²) >= 11 is 0. The fourth-order valence-electron chi connectivity index (χ4n) is 4.13. The summed E-state index contributed by atoms with van der Waals surface area (Å²) in [6.45, 7) is 1.90. The van der Waals surface area contributed by atoms with Crippen LogP contribution in [-0.2, 0) is 6.42 Å². The van der Waals surface area contributed by atoms with E-state index in [-0.39, 0.29) is 17.3 Å². The molecule has 3 heterocycles. The number of fused-ring (bicyclic) bond motifs is 1. The number of carbonyl (C=O) groups is 2. The number of Topliss-reactive ketones (excluding diaryl/α,β-unsaturated/α-hetero) is 1. The molecule has 1 saturated heterocycles. The lowest BCUT2D eigenvalue weighted by Gasteiger charge is -2.34. The van der Waals surface area contributed by atoms with Crippen LogP contribution in [0.25, 0.3) is 5.69 Å². The van der Waals surface area contributed by atoms with Crippen molar-refractivity contribution in [1.82, 2.24) is 30.1 Å². The number of aromatic nitrogens is 5. The number of amides is 1. The first-order chi connectivity index (χ1) is 15.1. The van der Waals surface area contributed by atoms with Crippen LogP contribution in [0.4, 0.5) is 5.95 Å². The first-order valence-electron chi connectivity index (χ1n) is 10.3. The van der Waals surface area contributed by atoms with E-state index in [0.29, 0.717) is 56.2 Å². The molecule has 1 fully saturated rings. The van der Waals surface area contributed by atoms with Crippen LogP contribution in [0.15, 0.2) is 41.2 Å². The molecule has 1 N–H and O–H groups in total. The Kier molecular flexibility index (Phi) is 4.81. The summed E-state index contributed by atoms with van der Waals surface area (Å²) < 4.78 is 1.66. The van der Waals surface area contributed by atoms with Gasteiger partial charge in [0.2, 0.25) is 5.95 Å². The van der Waals surface area contributed by atoms with Gasteiger partial charge in [0, 0.05) is 43.9 Å². The largest absolute Gasteiger partial charge is 0.336 e. The van der Waals surface area contributed by atoms with E-state index in [1.807, 2.05) is 35.2 Å². The Morgan fingerprint density at radius 3 is 2.55 bits per heavy atom. The van der Waals surface area contributed by atoms with E-state index >= 15 is 0 Å². The summed E-state index contributed by atoms with van der Waals surface area (Å²) in [5, 5.41) is 12.0. The van der Waals surface area contributed by atoms with Crippen molar-refractivity contribution >= 4 is 17.6 Å². The number of benzene rings is 1. The Balaban J connectivity index is 1.33. The van der Waals surface area contributed by atoms with Gasteiger partial charge in [-0.3, -0.25) is 14.4 Å². The number of hydrogen-bond donors (Lipinski definition) is 1. The fraction of sp³-hybridized carbons (Fsp3) is 0.333. The molecule has 10 nitrogen and oxygen atoms in total. The lowest BCUT2D eigenvalue weighted by atomic mass is 9.93. The second kappa shape index (κ2) is 7.78. The number of rotatable bonds is 3. The molecular weight excluding hydrogens is 398 g/mol. The van der Waals surface area contributed by atoms with Crippen LogP contribution in [0.1, 0.15) is 39.3 Å². The number of anilines is 1. The van der Waals surface area contributed by atoms with Gasteiger partial charge in [0.1, 0.15) is 5.56 Å². The molecule has 3 aromatic rings. The number of aryl methyl sites for hydroxylation is 1. The number of para-hydroxylation sites is 1. The number of pyridine rings is 1. The molecule has 0 bridgehead atoms. The fourth-order valence-corrected chi connectivity index (χ4v) is 4.13. The molecule has 1 aliphatic heterocycles.